The van der Waals surface area contributed by atoms with Gasteiger partial charge in [0.1, 0.15) is 23.0 Å². The lowest BCUT2D eigenvalue weighted by Gasteiger charge is -2.10. The zero-order valence-electron chi connectivity index (χ0n) is 20.2. The van der Waals surface area contributed by atoms with Gasteiger partial charge in [-0.1, -0.05) is 12.1 Å². The number of hydroxylamine groups is 1. The topological polar surface area (TPSA) is 118 Å². The summed E-state index contributed by atoms with van der Waals surface area (Å²) in [7, 11) is 0. The molecule has 9 nitrogen and oxygen atoms in total. The molecule has 1 amide bonds. The Hall–Kier alpha value is -5.00. The number of benzene rings is 3. The van der Waals surface area contributed by atoms with Crippen LogP contribution >= 0.6 is 11.3 Å². The molecule has 192 valence electrons. The zero-order chi connectivity index (χ0) is 26.8. The van der Waals surface area contributed by atoms with Crippen molar-refractivity contribution in [1.29, 1.82) is 0 Å². The molecule has 0 spiro atoms. The van der Waals surface area contributed by atoms with Gasteiger partial charge in [0.2, 0.25) is 0 Å². The molecule has 6 aromatic rings. The molecule has 0 aliphatic heterocycles. The van der Waals surface area contributed by atoms with Crippen molar-refractivity contribution in [1.82, 2.24) is 30.2 Å². The normalized spacial score (nSPS) is 11.4. The molecule has 11 heteroatoms. The van der Waals surface area contributed by atoms with E-state index < -0.39 is 5.91 Å². The van der Waals surface area contributed by atoms with Gasteiger partial charge in [-0.2, -0.15) is 5.10 Å². The number of amides is 1. The standard InChI is InChI=1S/C28H20FN7O2S/c29-20-3-1-2-17(10-20)15-36-25-8-5-21(11-19(25)13-33-36)34-27-23-12-18(4-7-24(23)31-16-32-27)28-30-14-22(39-28)6-9-26(37)35-38/h1-14,16,38H,15H2,(H,35,37)(H,31,32,34)/b9-6+. The second-order valence-corrected chi connectivity index (χ2v) is 9.72. The van der Waals surface area contributed by atoms with E-state index in [4.69, 9.17) is 5.21 Å². The van der Waals surface area contributed by atoms with E-state index in [0.29, 0.717) is 12.4 Å². The van der Waals surface area contributed by atoms with Gasteiger partial charge in [0, 0.05) is 39.2 Å². The molecule has 3 aromatic heterocycles. The molecule has 0 saturated heterocycles. The van der Waals surface area contributed by atoms with E-state index in [1.54, 1.807) is 30.0 Å². The van der Waals surface area contributed by atoms with Crippen molar-refractivity contribution in [3.63, 3.8) is 0 Å². The second kappa shape index (κ2) is 10.4. The Bertz CT molecular complexity index is 1860. The Kier molecular flexibility index (Phi) is 6.49. The van der Waals surface area contributed by atoms with Crippen LogP contribution < -0.4 is 10.8 Å². The van der Waals surface area contributed by atoms with Crippen LogP contribution in [0.1, 0.15) is 10.4 Å². The number of halogens is 1. The molecular weight excluding hydrogens is 517 g/mol. The van der Waals surface area contributed by atoms with Crippen LogP contribution in [-0.2, 0) is 11.3 Å². The molecule has 0 fully saturated rings. The van der Waals surface area contributed by atoms with Crippen LogP contribution in [0.4, 0.5) is 15.9 Å². The van der Waals surface area contributed by atoms with Gasteiger partial charge in [-0.15, -0.1) is 11.3 Å². The number of hydrogen-bond acceptors (Lipinski definition) is 8. The van der Waals surface area contributed by atoms with Gasteiger partial charge in [0.05, 0.1) is 23.8 Å². The maximum absolute atomic E-state index is 13.6. The molecule has 3 heterocycles. The number of nitrogens with zero attached hydrogens (tertiary/aromatic N) is 5. The maximum atomic E-state index is 13.6. The van der Waals surface area contributed by atoms with E-state index in [9.17, 15) is 9.18 Å². The van der Waals surface area contributed by atoms with Gasteiger partial charge in [-0.3, -0.25) is 14.7 Å². The van der Waals surface area contributed by atoms with E-state index in [-0.39, 0.29) is 5.82 Å². The summed E-state index contributed by atoms with van der Waals surface area (Å²) >= 11 is 1.41. The molecule has 39 heavy (non-hydrogen) atoms. The lowest BCUT2D eigenvalue weighted by molar-refractivity contribution is -0.124. The molecule has 0 aliphatic rings. The van der Waals surface area contributed by atoms with Crippen LogP contribution in [0, 0.1) is 5.82 Å². The molecular formula is C28H20FN7O2S. The monoisotopic (exact) mass is 537 g/mol. The third kappa shape index (κ3) is 5.21. The largest absolute Gasteiger partial charge is 0.340 e. The maximum Gasteiger partial charge on any atom is 0.267 e. The predicted molar refractivity (Wildman–Crippen MR) is 148 cm³/mol. The lowest BCUT2D eigenvalue weighted by atomic mass is 10.1. The van der Waals surface area contributed by atoms with E-state index in [1.807, 2.05) is 47.1 Å². The van der Waals surface area contributed by atoms with E-state index in [2.05, 4.69) is 25.4 Å². The molecule has 3 N–H and O–H groups in total. The number of carbonyl (C=O) groups excluding carboxylic acids is 1. The Balaban J connectivity index is 1.27. The average molecular weight is 538 g/mol. The van der Waals surface area contributed by atoms with E-state index in [0.717, 1.165) is 48.5 Å². The summed E-state index contributed by atoms with van der Waals surface area (Å²) in [6.07, 6.45) is 7.78. The van der Waals surface area contributed by atoms with E-state index >= 15 is 0 Å². The first-order chi connectivity index (χ1) is 19.1. The first kappa shape index (κ1) is 24.3. The van der Waals surface area contributed by atoms with Crippen LogP contribution in [0.15, 0.2) is 85.5 Å². The molecule has 6 rings (SSSR count). The smallest absolute Gasteiger partial charge is 0.267 e. The number of nitrogens with one attached hydrogen (secondary N) is 2. The fraction of sp³-hybridized carbons (Fsp3) is 0.0357. The minimum absolute atomic E-state index is 0.269. The van der Waals surface area contributed by atoms with Crippen molar-refractivity contribution >= 4 is 56.6 Å². The van der Waals surface area contributed by atoms with Crippen molar-refractivity contribution < 1.29 is 14.4 Å². The summed E-state index contributed by atoms with van der Waals surface area (Å²) < 4.78 is 15.4. The SMILES string of the molecule is O=C(/C=C/c1cnc(-c2ccc3ncnc(Nc4ccc5c(cnn5Cc5cccc(F)c5)c4)c3c2)s1)NO. The summed E-state index contributed by atoms with van der Waals surface area (Å²) in [6.45, 7) is 0.469. The van der Waals surface area contributed by atoms with Crippen LogP contribution in [0.3, 0.4) is 0 Å². The molecule has 0 saturated carbocycles. The van der Waals surface area contributed by atoms with Crippen molar-refractivity contribution in [2.75, 3.05) is 5.32 Å². The highest BCUT2D eigenvalue weighted by molar-refractivity contribution is 7.15. The number of hydrogen-bond donors (Lipinski definition) is 3. The minimum Gasteiger partial charge on any atom is -0.340 e. The molecule has 0 atom stereocenters. The Morgan fingerprint density at radius 2 is 1.97 bits per heavy atom. The quantitative estimate of drug-likeness (QED) is 0.139. The van der Waals surface area contributed by atoms with Crippen molar-refractivity contribution in [3.05, 3.63) is 102 Å². The van der Waals surface area contributed by atoms with Gasteiger partial charge in [0.25, 0.3) is 5.91 Å². The fourth-order valence-corrected chi connectivity index (χ4v) is 5.03. The summed E-state index contributed by atoms with van der Waals surface area (Å²) in [6, 6.07) is 18.2. The van der Waals surface area contributed by atoms with Crippen LogP contribution in [0.5, 0.6) is 0 Å². The first-order valence-electron chi connectivity index (χ1n) is 11.9. The molecule has 0 bridgehead atoms. The molecule has 0 unspecified atom stereocenters. The third-order valence-corrected chi connectivity index (χ3v) is 7.05. The number of aromatic nitrogens is 5. The Labute approximate surface area is 225 Å². The number of anilines is 2. The van der Waals surface area contributed by atoms with Crippen LogP contribution in [-0.4, -0.2) is 35.8 Å². The van der Waals surface area contributed by atoms with Crippen molar-refractivity contribution in [2.45, 2.75) is 6.54 Å². The van der Waals surface area contributed by atoms with Crippen LogP contribution in [0.25, 0.3) is 38.5 Å². The van der Waals surface area contributed by atoms with Gasteiger partial charge < -0.3 is 5.32 Å². The van der Waals surface area contributed by atoms with Crippen molar-refractivity contribution in [3.8, 4) is 10.6 Å². The Morgan fingerprint density at radius 1 is 1.05 bits per heavy atom. The number of fused-ring (bicyclic) bond motifs is 2. The third-order valence-electron chi connectivity index (χ3n) is 6.04. The number of thiazole rings is 1. The predicted octanol–water partition coefficient (Wildman–Crippen LogP) is 5.55. The van der Waals surface area contributed by atoms with Crippen molar-refractivity contribution in [2.24, 2.45) is 0 Å². The molecule has 0 radical (unpaired) electrons. The molecule has 0 aliphatic carbocycles. The van der Waals surface area contributed by atoms with Gasteiger partial charge >= 0.3 is 0 Å². The highest BCUT2D eigenvalue weighted by Gasteiger charge is 2.11. The van der Waals surface area contributed by atoms with Gasteiger partial charge in [0.15, 0.2) is 0 Å². The summed E-state index contributed by atoms with van der Waals surface area (Å²) in [5.74, 6) is -0.236. The average Bonchev–Trinajstić information content (AvgIpc) is 3.59. The highest BCUT2D eigenvalue weighted by Crippen LogP contribution is 2.32. The second-order valence-electron chi connectivity index (χ2n) is 8.66. The number of rotatable bonds is 7. The fourth-order valence-electron chi connectivity index (χ4n) is 4.22. The van der Waals surface area contributed by atoms with Gasteiger partial charge in [-0.05, 0) is 60.2 Å². The van der Waals surface area contributed by atoms with E-state index in [1.165, 1.54) is 35.9 Å². The first-order valence-corrected chi connectivity index (χ1v) is 12.7. The summed E-state index contributed by atoms with van der Waals surface area (Å²) in [5, 5.41) is 19.1. The zero-order valence-corrected chi connectivity index (χ0v) is 21.1. The van der Waals surface area contributed by atoms with Gasteiger partial charge in [-0.25, -0.2) is 24.8 Å². The minimum atomic E-state index is -0.611. The highest BCUT2D eigenvalue weighted by atomic mass is 32.1. The molecule has 3 aromatic carbocycles. The summed E-state index contributed by atoms with van der Waals surface area (Å²) in [4.78, 5) is 25.4. The lowest BCUT2D eigenvalue weighted by Crippen LogP contribution is -2.14. The summed E-state index contributed by atoms with van der Waals surface area (Å²) in [5.41, 5.74) is 5.83. The number of carbonyl (C=O) groups is 1. The Morgan fingerprint density at radius 3 is 2.85 bits per heavy atom. The van der Waals surface area contributed by atoms with Crippen LogP contribution in [0.2, 0.25) is 0 Å².